The summed E-state index contributed by atoms with van der Waals surface area (Å²) in [5.74, 6) is 0. The van der Waals surface area contributed by atoms with Gasteiger partial charge in [0.1, 0.15) is 0 Å². The highest BCUT2D eigenvalue weighted by molar-refractivity contribution is 4.95. The second-order valence-corrected chi connectivity index (χ2v) is 6.54. The van der Waals surface area contributed by atoms with E-state index in [9.17, 15) is 0 Å². The van der Waals surface area contributed by atoms with Crippen LogP contribution in [0.1, 0.15) is 90.9 Å². The Hall–Kier alpha value is -0.0800. The van der Waals surface area contributed by atoms with E-state index >= 15 is 0 Å². The second kappa shape index (κ2) is 10.6. The molecule has 0 saturated heterocycles. The lowest BCUT2D eigenvalue weighted by molar-refractivity contribution is -0.0696. The summed E-state index contributed by atoms with van der Waals surface area (Å²) in [6, 6.07) is 0.564. The average molecular weight is 284 g/mol. The van der Waals surface area contributed by atoms with Gasteiger partial charge in [-0.1, -0.05) is 65.2 Å². The number of rotatable bonds is 11. The van der Waals surface area contributed by atoms with E-state index in [-0.39, 0.29) is 5.60 Å². The maximum Gasteiger partial charge on any atom is 0.0830 e. The van der Waals surface area contributed by atoms with Gasteiger partial charge in [0.15, 0.2) is 0 Å². The summed E-state index contributed by atoms with van der Waals surface area (Å²) >= 11 is 0. The molecule has 0 heterocycles. The van der Waals surface area contributed by atoms with Crippen molar-refractivity contribution in [1.82, 2.24) is 5.32 Å². The average Bonchev–Trinajstić information content (AvgIpc) is 2.50. The van der Waals surface area contributed by atoms with Crippen molar-refractivity contribution in [1.29, 1.82) is 0 Å². The molecule has 0 aromatic carbocycles. The summed E-state index contributed by atoms with van der Waals surface area (Å²) in [6.45, 7) is 5.67. The van der Waals surface area contributed by atoms with E-state index in [0.29, 0.717) is 6.04 Å². The first kappa shape index (κ1) is 18.0. The summed E-state index contributed by atoms with van der Waals surface area (Å²) in [5.41, 5.74) is 0.123. The monoisotopic (exact) mass is 283 g/mol. The summed E-state index contributed by atoms with van der Waals surface area (Å²) in [7, 11) is 1.93. The van der Waals surface area contributed by atoms with Crippen molar-refractivity contribution in [2.24, 2.45) is 0 Å². The van der Waals surface area contributed by atoms with Crippen molar-refractivity contribution < 1.29 is 4.74 Å². The van der Waals surface area contributed by atoms with Crippen LogP contribution in [-0.4, -0.2) is 25.3 Å². The van der Waals surface area contributed by atoms with Gasteiger partial charge in [-0.2, -0.15) is 0 Å². The fourth-order valence-corrected chi connectivity index (χ4v) is 3.67. The molecule has 0 aromatic rings. The minimum absolute atomic E-state index is 0.123. The molecule has 0 aliphatic heterocycles. The first-order valence-electron chi connectivity index (χ1n) is 9.07. The first-order chi connectivity index (χ1) is 9.79. The molecule has 20 heavy (non-hydrogen) atoms. The van der Waals surface area contributed by atoms with Crippen LogP contribution in [0.15, 0.2) is 0 Å². The fraction of sp³-hybridized carbons (Fsp3) is 1.00. The summed E-state index contributed by atoms with van der Waals surface area (Å²) in [5, 5.41) is 3.80. The van der Waals surface area contributed by atoms with E-state index in [4.69, 9.17) is 4.74 Å². The Balaban J connectivity index is 2.47. The normalized spacial score (nSPS) is 19.9. The highest BCUT2D eigenvalue weighted by atomic mass is 16.5. The second-order valence-electron chi connectivity index (χ2n) is 6.54. The lowest BCUT2D eigenvalue weighted by atomic mass is 9.77. The quantitative estimate of drug-likeness (QED) is 0.535. The van der Waals surface area contributed by atoms with Crippen LogP contribution in [-0.2, 0) is 4.74 Å². The third-order valence-corrected chi connectivity index (χ3v) is 4.98. The molecule has 1 unspecified atom stereocenters. The van der Waals surface area contributed by atoms with Crippen LogP contribution in [0.25, 0.3) is 0 Å². The highest BCUT2D eigenvalue weighted by Crippen LogP contribution is 2.36. The Kier molecular flexibility index (Phi) is 9.54. The van der Waals surface area contributed by atoms with Crippen molar-refractivity contribution in [3.05, 3.63) is 0 Å². The molecule has 0 aromatic heterocycles. The summed E-state index contributed by atoms with van der Waals surface area (Å²) in [4.78, 5) is 0. The van der Waals surface area contributed by atoms with E-state index in [0.717, 1.165) is 6.54 Å². The van der Waals surface area contributed by atoms with E-state index in [1.165, 1.54) is 77.0 Å². The van der Waals surface area contributed by atoms with Gasteiger partial charge < -0.3 is 10.1 Å². The number of ether oxygens (including phenoxy) is 1. The van der Waals surface area contributed by atoms with Crippen molar-refractivity contribution in [2.45, 2.75) is 103 Å². The molecule has 1 rings (SSSR count). The molecular formula is C18H37NO. The van der Waals surface area contributed by atoms with Gasteiger partial charge in [-0.3, -0.25) is 0 Å². The van der Waals surface area contributed by atoms with Crippen LogP contribution < -0.4 is 5.32 Å². The molecule has 1 N–H and O–H groups in total. The molecule has 1 atom stereocenters. The first-order valence-corrected chi connectivity index (χ1v) is 9.07. The number of unbranched alkanes of at least 4 members (excludes halogenated alkanes) is 4. The largest absolute Gasteiger partial charge is 0.377 e. The molecule has 0 radical (unpaired) electrons. The van der Waals surface area contributed by atoms with Gasteiger partial charge in [0, 0.05) is 13.2 Å². The summed E-state index contributed by atoms with van der Waals surface area (Å²) in [6.07, 6.45) is 15.9. The van der Waals surface area contributed by atoms with Gasteiger partial charge in [-0.15, -0.1) is 0 Å². The smallest absolute Gasteiger partial charge is 0.0830 e. The van der Waals surface area contributed by atoms with Crippen molar-refractivity contribution in [3.63, 3.8) is 0 Å². The van der Waals surface area contributed by atoms with Crippen LogP contribution in [0.4, 0.5) is 0 Å². The van der Waals surface area contributed by atoms with Crippen LogP contribution in [0.2, 0.25) is 0 Å². The Labute approximate surface area is 127 Å². The molecule has 2 heteroatoms. The Morgan fingerprint density at radius 3 is 2.25 bits per heavy atom. The van der Waals surface area contributed by atoms with Crippen LogP contribution >= 0.6 is 0 Å². The highest BCUT2D eigenvalue weighted by Gasteiger charge is 2.39. The Morgan fingerprint density at radius 2 is 1.65 bits per heavy atom. The molecule has 120 valence electrons. The zero-order valence-electron chi connectivity index (χ0n) is 14.2. The predicted octanol–water partition coefficient (Wildman–Crippen LogP) is 5.06. The number of nitrogens with one attached hydrogen (secondary N) is 1. The van der Waals surface area contributed by atoms with Gasteiger partial charge in [0.05, 0.1) is 5.60 Å². The van der Waals surface area contributed by atoms with E-state index in [1.54, 1.807) is 0 Å². The molecule has 1 aliphatic carbocycles. The van der Waals surface area contributed by atoms with Gasteiger partial charge >= 0.3 is 0 Å². The molecule has 1 saturated carbocycles. The molecule has 0 spiro atoms. The molecule has 0 amide bonds. The third-order valence-electron chi connectivity index (χ3n) is 4.98. The van der Waals surface area contributed by atoms with Crippen LogP contribution in [0.3, 0.4) is 0 Å². The van der Waals surface area contributed by atoms with E-state index in [2.05, 4.69) is 19.2 Å². The minimum Gasteiger partial charge on any atom is -0.377 e. The predicted molar refractivity (Wildman–Crippen MR) is 88.3 cm³/mol. The van der Waals surface area contributed by atoms with Crippen molar-refractivity contribution in [2.75, 3.05) is 13.7 Å². The number of methoxy groups -OCH3 is 1. The van der Waals surface area contributed by atoms with Crippen molar-refractivity contribution in [3.8, 4) is 0 Å². The third kappa shape index (κ3) is 5.73. The molecule has 1 fully saturated rings. The van der Waals surface area contributed by atoms with Gasteiger partial charge in [-0.05, 0) is 32.2 Å². The number of hydrogen-bond acceptors (Lipinski definition) is 2. The van der Waals surface area contributed by atoms with E-state index < -0.39 is 0 Å². The topological polar surface area (TPSA) is 21.3 Å². The Bertz CT molecular complexity index is 223. The van der Waals surface area contributed by atoms with Gasteiger partial charge in [0.25, 0.3) is 0 Å². The Morgan fingerprint density at radius 1 is 0.950 bits per heavy atom. The van der Waals surface area contributed by atoms with Gasteiger partial charge in [0.2, 0.25) is 0 Å². The lowest BCUT2D eigenvalue weighted by Gasteiger charge is -2.43. The minimum atomic E-state index is 0.123. The molecule has 0 bridgehead atoms. The fourth-order valence-electron chi connectivity index (χ4n) is 3.67. The maximum atomic E-state index is 6.05. The molecule has 1 aliphatic rings. The maximum absolute atomic E-state index is 6.05. The zero-order valence-corrected chi connectivity index (χ0v) is 14.2. The molecule has 2 nitrogen and oxygen atoms in total. The zero-order chi connectivity index (χ0) is 14.7. The SMILES string of the molecule is CCCCCCCC(NCCC)C1(OC)CCCCC1. The lowest BCUT2D eigenvalue weighted by Crippen LogP contribution is -2.53. The van der Waals surface area contributed by atoms with Gasteiger partial charge in [-0.25, -0.2) is 0 Å². The number of hydrogen-bond donors (Lipinski definition) is 1. The van der Waals surface area contributed by atoms with Crippen LogP contribution in [0, 0.1) is 0 Å². The molecular weight excluding hydrogens is 246 g/mol. The van der Waals surface area contributed by atoms with Crippen molar-refractivity contribution >= 4 is 0 Å². The van der Waals surface area contributed by atoms with E-state index in [1.807, 2.05) is 7.11 Å². The summed E-state index contributed by atoms with van der Waals surface area (Å²) < 4.78 is 6.05. The van der Waals surface area contributed by atoms with Crippen LogP contribution in [0.5, 0.6) is 0 Å². The standard InChI is InChI=1S/C18H37NO/c1-4-6-7-8-10-13-17(19-16-5-2)18(20-3)14-11-9-12-15-18/h17,19H,4-16H2,1-3H3.